The number of carboxylic acids is 1. The van der Waals surface area contributed by atoms with Crippen LogP contribution in [0.15, 0.2) is 24.3 Å². The molecule has 0 aromatic heterocycles. The fraction of sp³-hybridized carbons (Fsp3) is 0.200. The third-order valence-electron chi connectivity index (χ3n) is 1.78. The van der Waals surface area contributed by atoms with Gasteiger partial charge in [0.2, 0.25) is 5.91 Å². The van der Waals surface area contributed by atoms with Gasteiger partial charge in [0.25, 0.3) is 0 Å². The molecule has 15 heavy (non-hydrogen) atoms. The smallest absolute Gasteiger partial charge is 0.337 e. The summed E-state index contributed by atoms with van der Waals surface area (Å²) in [4.78, 5) is 21.8. The van der Waals surface area contributed by atoms with Gasteiger partial charge >= 0.3 is 5.97 Å². The Morgan fingerprint density at radius 1 is 1.40 bits per heavy atom. The molecule has 4 nitrogen and oxygen atoms in total. The molecular weight excluding hydrogens is 262 g/mol. The SMILES string of the molecule is C[C@@H](Br)C(=O)Nc1ccccc1C(=O)O. The number of carbonyl (C=O) groups is 2. The minimum Gasteiger partial charge on any atom is -0.478 e. The molecule has 1 aromatic carbocycles. The number of carbonyl (C=O) groups excluding carboxylic acids is 1. The third-order valence-corrected chi connectivity index (χ3v) is 2.19. The predicted octanol–water partition coefficient (Wildman–Crippen LogP) is 2.11. The number of amides is 1. The molecule has 0 aliphatic rings. The quantitative estimate of drug-likeness (QED) is 0.828. The monoisotopic (exact) mass is 271 g/mol. The summed E-state index contributed by atoms with van der Waals surface area (Å²) >= 11 is 3.10. The molecule has 0 unspecified atom stereocenters. The first-order valence-electron chi connectivity index (χ1n) is 4.29. The number of aromatic carboxylic acids is 1. The van der Waals surface area contributed by atoms with Gasteiger partial charge in [0.15, 0.2) is 0 Å². The topological polar surface area (TPSA) is 66.4 Å². The van der Waals surface area contributed by atoms with E-state index in [0.29, 0.717) is 5.69 Å². The Hall–Kier alpha value is -1.36. The van der Waals surface area contributed by atoms with Crippen LogP contribution < -0.4 is 5.32 Å². The van der Waals surface area contributed by atoms with Gasteiger partial charge in [-0.2, -0.15) is 0 Å². The summed E-state index contributed by atoms with van der Waals surface area (Å²) in [6.07, 6.45) is 0. The van der Waals surface area contributed by atoms with Gasteiger partial charge in [0.05, 0.1) is 16.1 Å². The number of hydrogen-bond acceptors (Lipinski definition) is 2. The van der Waals surface area contributed by atoms with Crippen LogP contribution >= 0.6 is 15.9 Å². The van der Waals surface area contributed by atoms with Crippen LogP contribution in [0.3, 0.4) is 0 Å². The van der Waals surface area contributed by atoms with Crippen LogP contribution in [0.4, 0.5) is 5.69 Å². The standard InChI is InChI=1S/C10H10BrNO3/c1-6(11)9(13)12-8-5-3-2-4-7(8)10(14)15/h2-6H,1H3,(H,12,13)(H,14,15)/t6-/m1/s1. The maximum absolute atomic E-state index is 11.3. The lowest BCUT2D eigenvalue weighted by Crippen LogP contribution is -2.21. The molecule has 5 heteroatoms. The van der Waals surface area contributed by atoms with Crippen LogP contribution in [-0.2, 0) is 4.79 Å². The number of anilines is 1. The highest BCUT2D eigenvalue weighted by molar-refractivity contribution is 9.10. The Bertz CT molecular complexity index is 390. The number of alkyl halides is 1. The molecule has 1 atom stereocenters. The van der Waals surface area contributed by atoms with Gasteiger partial charge in [0.1, 0.15) is 0 Å². The molecule has 0 saturated carbocycles. The van der Waals surface area contributed by atoms with Gasteiger partial charge in [-0.25, -0.2) is 4.79 Å². The normalized spacial score (nSPS) is 11.9. The Labute approximate surface area is 95.4 Å². The zero-order valence-electron chi connectivity index (χ0n) is 8.03. The van der Waals surface area contributed by atoms with Crippen molar-refractivity contribution in [3.05, 3.63) is 29.8 Å². The van der Waals surface area contributed by atoms with Crippen molar-refractivity contribution in [1.29, 1.82) is 0 Å². The lowest BCUT2D eigenvalue weighted by atomic mass is 10.2. The Balaban J connectivity index is 2.94. The van der Waals surface area contributed by atoms with E-state index in [1.165, 1.54) is 6.07 Å². The van der Waals surface area contributed by atoms with Gasteiger partial charge in [-0.05, 0) is 19.1 Å². The fourth-order valence-corrected chi connectivity index (χ4v) is 1.13. The summed E-state index contributed by atoms with van der Waals surface area (Å²) in [5, 5.41) is 11.4. The minimum atomic E-state index is -1.06. The average molecular weight is 272 g/mol. The maximum Gasteiger partial charge on any atom is 0.337 e. The minimum absolute atomic E-state index is 0.0824. The van der Waals surface area contributed by atoms with Crippen LogP contribution in [0.1, 0.15) is 17.3 Å². The molecule has 0 radical (unpaired) electrons. The first-order chi connectivity index (χ1) is 7.02. The van der Waals surface area contributed by atoms with Gasteiger partial charge in [-0.15, -0.1) is 0 Å². The number of benzene rings is 1. The Morgan fingerprint density at radius 2 is 2.00 bits per heavy atom. The van der Waals surface area contributed by atoms with Crippen molar-refractivity contribution in [2.75, 3.05) is 5.32 Å². The molecule has 80 valence electrons. The molecule has 1 rings (SSSR count). The molecule has 1 amide bonds. The first-order valence-corrected chi connectivity index (χ1v) is 5.21. The van der Waals surface area contributed by atoms with Crippen molar-refractivity contribution < 1.29 is 14.7 Å². The molecule has 1 aromatic rings. The van der Waals surface area contributed by atoms with E-state index < -0.39 is 5.97 Å². The highest BCUT2D eigenvalue weighted by Gasteiger charge is 2.13. The maximum atomic E-state index is 11.3. The van der Waals surface area contributed by atoms with E-state index in [4.69, 9.17) is 5.11 Å². The average Bonchev–Trinajstić information content (AvgIpc) is 2.18. The summed E-state index contributed by atoms with van der Waals surface area (Å²) in [7, 11) is 0. The molecule has 0 aliphatic heterocycles. The van der Waals surface area contributed by atoms with Crippen molar-refractivity contribution in [2.24, 2.45) is 0 Å². The van der Waals surface area contributed by atoms with E-state index >= 15 is 0 Å². The third kappa shape index (κ3) is 3.06. The van der Waals surface area contributed by atoms with Crippen LogP contribution in [0.2, 0.25) is 0 Å². The highest BCUT2D eigenvalue weighted by Crippen LogP contribution is 2.15. The van der Waals surface area contributed by atoms with E-state index in [1.807, 2.05) is 0 Å². The zero-order valence-corrected chi connectivity index (χ0v) is 9.61. The number of rotatable bonds is 3. The van der Waals surface area contributed by atoms with E-state index in [1.54, 1.807) is 25.1 Å². The van der Waals surface area contributed by atoms with Crippen molar-refractivity contribution in [1.82, 2.24) is 0 Å². The summed E-state index contributed by atoms with van der Waals surface area (Å²) < 4.78 is 0. The van der Waals surface area contributed by atoms with Crippen molar-refractivity contribution in [3.8, 4) is 0 Å². The van der Waals surface area contributed by atoms with Gasteiger partial charge in [0, 0.05) is 0 Å². The number of halogens is 1. The summed E-state index contributed by atoms with van der Waals surface area (Å²) in [5.74, 6) is -1.34. The summed E-state index contributed by atoms with van der Waals surface area (Å²) in [6.45, 7) is 1.67. The van der Waals surface area contributed by atoms with E-state index in [2.05, 4.69) is 21.2 Å². The van der Waals surface area contributed by atoms with Crippen LogP contribution in [0.25, 0.3) is 0 Å². The molecule has 2 N–H and O–H groups in total. The first kappa shape index (κ1) is 11.7. The van der Waals surface area contributed by atoms with E-state index in [0.717, 1.165) is 0 Å². The Morgan fingerprint density at radius 3 is 2.53 bits per heavy atom. The van der Waals surface area contributed by atoms with Crippen LogP contribution in [-0.4, -0.2) is 21.8 Å². The summed E-state index contributed by atoms with van der Waals surface area (Å²) in [5.41, 5.74) is 0.389. The highest BCUT2D eigenvalue weighted by atomic mass is 79.9. The second kappa shape index (κ2) is 4.93. The molecule has 0 spiro atoms. The molecule has 0 heterocycles. The summed E-state index contributed by atoms with van der Waals surface area (Å²) in [6, 6.07) is 6.27. The van der Waals surface area contributed by atoms with Gasteiger partial charge in [-0.1, -0.05) is 28.1 Å². The lowest BCUT2D eigenvalue weighted by molar-refractivity contribution is -0.115. The van der Waals surface area contributed by atoms with E-state index in [9.17, 15) is 9.59 Å². The second-order valence-electron chi connectivity index (χ2n) is 2.96. The van der Waals surface area contributed by atoms with Crippen LogP contribution in [0.5, 0.6) is 0 Å². The number of nitrogens with one attached hydrogen (secondary N) is 1. The van der Waals surface area contributed by atoms with Crippen molar-refractivity contribution in [2.45, 2.75) is 11.8 Å². The number of para-hydroxylation sites is 1. The molecule has 0 bridgehead atoms. The predicted molar refractivity (Wildman–Crippen MR) is 60.4 cm³/mol. The molecule has 0 fully saturated rings. The molecule has 0 saturated heterocycles. The second-order valence-corrected chi connectivity index (χ2v) is 4.33. The molecule has 0 aliphatic carbocycles. The van der Waals surface area contributed by atoms with Crippen molar-refractivity contribution in [3.63, 3.8) is 0 Å². The number of carboxylic acid groups (broad SMARTS) is 1. The molecular formula is C10H10BrNO3. The van der Waals surface area contributed by atoms with Crippen molar-refractivity contribution >= 4 is 33.5 Å². The zero-order chi connectivity index (χ0) is 11.4. The van der Waals surface area contributed by atoms with Crippen LogP contribution in [0, 0.1) is 0 Å². The largest absolute Gasteiger partial charge is 0.478 e. The lowest BCUT2D eigenvalue weighted by Gasteiger charge is -2.08. The number of hydrogen-bond donors (Lipinski definition) is 2. The van der Waals surface area contributed by atoms with E-state index in [-0.39, 0.29) is 16.3 Å². The fourth-order valence-electron chi connectivity index (χ4n) is 1.01. The Kier molecular flexibility index (Phi) is 3.85. The van der Waals surface area contributed by atoms with Gasteiger partial charge in [-0.3, -0.25) is 4.79 Å². The van der Waals surface area contributed by atoms with Gasteiger partial charge < -0.3 is 10.4 Å².